The first-order chi connectivity index (χ1) is 22.8. The average molecular weight is 595 g/mol. The molecule has 0 aliphatic heterocycles. The second-order valence-corrected chi connectivity index (χ2v) is 11.5. The van der Waals surface area contributed by atoms with Crippen LogP contribution in [0.5, 0.6) is 0 Å². The van der Waals surface area contributed by atoms with Crippen molar-refractivity contribution in [2.75, 3.05) is 0 Å². The Hall–Kier alpha value is -6.07. The van der Waals surface area contributed by atoms with Gasteiger partial charge in [-0.1, -0.05) is 84.9 Å². The Morgan fingerprint density at radius 1 is 0.522 bits per heavy atom. The molecule has 4 aromatic heterocycles. The van der Waals surface area contributed by atoms with Crippen LogP contribution in [-0.2, 0) is 0 Å². The van der Waals surface area contributed by atoms with Gasteiger partial charge in [0.25, 0.3) is 0 Å². The molecule has 1 atom stereocenters. The second kappa shape index (κ2) is 10.5. The molecular formula is C41H27FN4. The highest BCUT2D eigenvalue weighted by molar-refractivity contribution is 6.29. The van der Waals surface area contributed by atoms with E-state index in [1.165, 1.54) is 0 Å². The van der Waals surface area contributed by atoms with Gasteiger partial charge in [-0.05, 0) is 66.2 Å². The van der Waals surface area contributed by atoms with Gasteiger partial charge in [0, 0.05) is 50.8 Å². The molecule has 0 spiro atoms. The Bertz CT molecular complexity index is 2530. The summed E-state index contributed by atoms with van der Waals surface area (Å²) in [6.07, 6.45) is 2.15. The molecular weight excluding hydrogens is 567 g/mol. The summed E-state index contributed by atoms with van der Waals surface area (Å²) in [5.41, 5.74) is 7.68. The average Bonchev–Trinajstić information content (AvgIpc) is 3.65. The van der Waals surface area contributed by atoms with Crippen molar-refractivity contribution in [2.45, 2.75) is 6.17 Å². The summed E-state index contributed by atoms with van der Waals surface area (Å²) in [5, 5.41) is 4.29. The fourth-order valence-corrected chi connectivity index (χ4v) is 6.98. The molecule has 4 heterocycles. The van der Waals surface area contributed by atoms with Crippen molar-refractivity contribution in [2.24, 2.45) is 0 Å². The highest BCUT2D eigenvalue weighted by atomic mass is 19.1. The van der Waals surface area contributed by atoms with Crippen molar-refractivity contribution in [1.29, 1.82) is 0 Å². The topological polar surface area (TPSA) is 35.6 Å². The number of nitrogens with zero attached hydrogens (tertiary/aromatic N) is 4. The number of aromatic nitrogens is 4. The molecule has 0 aliphatic carbocycles. The molecule has 0 saturated carbocycles. The molecule has 0 N–H and O–H groups in total. The number of fused-ring (bicyclic) bond motifs is 7. The van der Waals surface area contributed by atoms with E-state index < -0.39 is 6.17 Å². The lowest BCUT2D eigenvalue weighted by Gasteiger charge is -2.17. The number of hydrogen-bond acceptors (Lipinski definition) is 2. The zero-order chi connectivity index (χ0) is 30.6. The van der Waals surface area contributed by atoms with Crippen LogP contribution in [0.25, 0.3) is 66.4 Å². The summed E-state index contributed by atoms with van der Waals surface area (Å²) in [5.74, 6) is 0.790. The Kier molecular flexibility index (Phi) is 6.03. The van der Waals surface area contributed by atoms with Gasteiger partial charge in [0.1, 0.15) is 5.82 Å². The maximum Gasteiger partial charge on any atom is 0.152 e. The lowest BCUT2D eigenvalue weighted by molar-refractivity contribution is 0.404. The molecule has 1 unspecified atom stereocenters. The number of pyridine rings is 2. The lowest BCUT2D eigenvalue weighted by atomic mass is 9.95. The minimum atomic E-state index is -1.42. The Labute approximate surface area is 264 Å². The predicted octanol–water partition coefficient (Wildman–Crippen LogP) is 10.4. The molecule has 4 nitrogen and oxygen atoms in total. The molecule has 0 aliphatic rings. The van der Waals surface area contributed by atoms with E-state index in [-0.39, 0.29) is 0 Å². The van der Waals surface area contributed by atoms with Gasteiger partial charge in [0.2, 0.25) is 0 Å². The molecule has 0 radical (unpaired) electrons. The molecule has 0 bridgehead atoms. The van der Waals surface area contributed by atoms with E-state index in [0.29, 0.717) is 11.1 Å². The second-order valence-electron chi connectivity index (χ2n) is 11.5. The van der Waals surface area contributed by atoms with Crippen LogP contribution in [0.1, 0.15) is 17.3 Å². The van der Waals surface area contributed by atoms with E-state index in [2.05, 4.69) is 68.7 Å². The van der Waals surface area contributed by atoms with Gasteiger partial charge >= 0.3 is 0 Å². The zero-order valence-electron chi connectivity index (χ0n) is 24.8. The SMILES string of the molecule is FC(c1cccc(-c2ccccn2)c1)c1cc2c(c3ccccc3n2-c2ccccn2)c2c3ccccc3n(-c3ccccc3)c12. The van der Waals surface area contributed by atoms with E-state index >= 15 is 4.39 Å². The lowest BCUT2D eigenvalue weighted by Crippen LogP contribution is -2.03. The summed E-state index contributed by atoms with van der Waals surface area (Å²) in [7, 11) is 0. The van der Waals surface area contributed by atoms with Gasteiger partial charge in [-0.3, -0.25) is 9.55 Å². The highest BCUT2D eigenvalue weighted by Crippen LogP contribution is 2.46. The van der Waals surface area contributed by atoms with Gasteiger partial charge in [0.15, 0.2) is 6.17 Å². The summed E-state index contributed by atoms with van der Waals surface area (Å²) < 4.78 is 22.0. The number of para-hydroxylation sites is 3. The monoisotopic (exact) mass is 594 g/mol. The van der Waals surface area contributed by atoms with E-state index in [1.807, 2.05) is 91.0 Å². The summed E-state index contributed by atoms with van der Waals surface area (Å²) in [4.78, 5) is 9.28. The predicted molar refractivity (Wildman–Crippen MR) is 186 cm³/mol. The van der Waals surface area contributed by atoms with Crippen molar-refractivity contribution in [1.82, 2.24) is 19.1 Å². The first-order valence-corrected chi connectivity index (χ1v) is 15.4. The van der Waals surface area contributed by atoms with E-state index in [1.54, 1.807) is 12.4 Å². The Balaban J connectivity index is 1.46. The maximum atomic E-state index is 17.6. The summed E-state index contributed by atoms with van der Waals surface area (Å²) >= 11 is 0. The highest BCUT2D eigenvalue weighted by Gasteiger charge is 2.27. The van der Waals surface area contributed by atoms with E-state index in [0.717, 1.165) is 66.4 Å². The smallest absolute Gasteiger partial charge is 0.152 e. The fourth-order valence-electron chi connectivity index (χ4n) is 6.98. The molecule has 5 aromatic carbocycles. The minimum absolute atomic E-state index is 0.578. The van der Waals surface area contributed by atoms with Crippen molar-refractivity contribution in [3.8, 4) is 22.8 Å². The van der Waals surface area contributed by atoms with Gasteiger partial charge in [-0.25, -0.2) is 9.37 Å². The molecule has 218 valence electrons. The van der Waals surface area contributed by atoms with Crippen molar-refractivity contribution >= 4 is 43.6 Å². The Morgan fingerprint density at radius 2 is 1.20 bits per heavy atom. The molecule has 0 fully saturated rings. The zero-order valence-corrected chi connectivity index (χ0v) is 24.8. The number of rotatable bonds is 5. The first-order valence-electron chi connectivity index (χ1n) is 15.4. The quantitative estimate of drug-likeness (QED) is 0.199. The summed E-state index contributed by atoms with van der Waals surface area (Å²) in [6.45, 7) is 0. The number of hydrogen-bond donors (Lipinski definition) is 0. The van der Waals surface area contributed by atoms with Crippen LogP contribution >= 0.6 is 0 Å². The van der Waals surface area contributed by atoms with Crippen molar-refractivity contribution in [3.63, 3.8) is 0 Å². The van der Waals surface area contributed by atoms with Crippen LogP contribution in [0, 0.1) is 0 Å². The molecule has 5 heteroatoms. The van der Waals surface area contributed by atoms with Gasteiger partial charge in [0.05, 0.1) is 27.8 Å². The summed E-state index contributed by atoms with van der Waals surface area (Å²) in [6, 6.07) is 48.5. The molecule has 9 rings (SSSR count). The van der Waals surface area contributed by atoms with Crippen LogP contribution in [0.2, 0.25) is 0 Å². The van der Waals surface area contributed by atoms with Crippen LogP contribution < -0.4 is 0 Å². The third-order valence-electron chi connectivity index (χ3n) is 8.91. The van der Waals surface area contributed by atoms with Gasteiger partial charge in [-0.2, -0.15) is 0 Å². The molecule has 0 saturated heterocycles. The molecule has 46 heavy (non-hydrogen) atoms. The first kappa shape index (κ1) is 26.3. The van der Waals surface area contributed by atoms with Gasteiger partial charge in [-0.15, -0.1) is 0 Å². The maximum absolute atomic E-state index is 17.6. The number of halogens is 1. The van der Waals surface area contributed by atoms with Gasteiger partial charge < -0.3 is 4.57 Å². The number of benzene rings is 5. The Morgan fingerprint density at radius 3 is 1.93 bits per heavy atom. The molecule has 0 amide bonds. The molecule has 9 aromatic rings. The van der Waals surface area contributed by atoms with Crippen LogP contribution in [0.3, 0.4) is 0 Å². The normalized spacial score (nSPS) is 12.4. The van der Waals surface area contributed by atoms with Crippen LogP contribution in [0.15, 0.2) is 158 Å². The largest absolute Gasteiger partial charge is 0.309 e. The minimum Gasteiger partial charge on any atom is -0.309 e. The number of alkyl halides is 1. The van der Waals surface area contributed by atoms with E-state index in [4.69, 9.17) is 4.98 Å². The van der Waals surface area contributed by atoms with Crippen LogP contribution in [0.4, 0.5) is 4.39 Å². The third kappa shape index (κ3) is 3.99. The standard InChI is InChI=1S/C41H27FN4/c42-40(28-14-12-13-27(25-28)33-19-8-10-23-43-33)32-26-36-38(30-17-4-7-21-35(30)46(36)37-22-9-11-24-44-37)39-31-18-5-6-20-34(31)45(41(32)39)29-15-2-1-3-16-29/h1-26,40H. The van der Waals surface area contributed by atoms with Crippen molar-refractivity contribution < 1.29 is 4.39 Å². The van der Waals surface area contributed by atoms with E-state index in [9.17, 15) is 0 Å². The third-order valence-corrected chi connectivity index (χ3v) is 8.91. The fraction of sp³-hybridized carbons (Fsp3) is 0.0244. The van der Waals surface area contributed by atoms with Crippen LogP contribution in [-0.4, -0.2) is 19.1 Å². The van der Waals surface area contributed by atoms with Crippen molar-refractivity contribution in [3.05, 3.63) is 169 Å².